The number of nitrogens with zero attached hydrogens (tertiary/aromatic N) is 5. The van der Waals surface area contributed by atoms with E-state index in [1.807, 2.05) is 60.9 Å². The highest BCUT2D eigenvalue weighted by atomic mass is 15.1. The van der Waals surface area contributed by atoms with Gasteiger partial charge in [0.25, 0.3) is 0 Å². The lowest BCUT2D eigenvalue weighted by molar-refractivity contribution is 0.591. The second kappa shape index (κ2) is 12.4. The summed E-state index contributed by atoms with van der Waals surface area (Å²) in [7, 11) is 0. The monoisotopic (exact) mass is 663 g/mol. The van der Waals surface area contributed by atoms with Crippen LogP contribution in [-0.2, 0) is 10.8 Å². The third-order valence-electron chi connectivity index (χ3n) is 9.69. The van der Waals surface area contributed by atoms with Crippen LogP contribution in [0, 0.1) is 0 Å². The molecule has 51 heavy (non-hydrogen) atoms. The molecule has 0 atom stereocenters. The van der Waals surface area contributed by atoms with Crippen LogP contribution in [0.15, 0.2) is 140 Å². The van der Waals surface area contributed by atoms with Crippen LogP contribution in [0.2, 0.25) is 0 Å². The Hall–Kier alpha value is -5.94. The molecular weight excluding hydrogens is 623 g/mol. The van der Waals surface area contributed by atoms with Gasteiger partial charge >= 0.3 is 0 Å². The van der Waals surface area contributed by atoms with Gasteiger partial charge in [-0.15, -0.1) is 0 Å². The Bertz CT molecular complexity index is 2390. The maximum absolute atomic E-state index is 5.23. The van der Waals surface area contributed by atoms with E-state index in [0.717, 1.165) is 44.5 Å². The first-order valence-electron chi connectivity index (χ1n) is 17.6. The summed E-state index contributed by atoms with van der Waals surface area (Å²) >= 11 is 0. The van der Waals surface area contributed by atoms with Gasteiger partial charge in [0.05, 0.1) is 16.7 Å². The zero-order valence-electron chi connectivity index (χ0n) is 30.0. The molecule has 0 aliphatic heterocycles. The minimum Gasteiger partial charge on any atom is -0.308 e. The van der Waals surface area contributed by atoms with Crippen LogP contribution in [-0.4, -0.2) is 24.5 Å². The first kappa shape index (κ1) is 32.3. The molecule has 0 spiro atoms. The number of pyridine rings is 1. The SMILES string of the molecule is CC(C)(C)c1ccc2c3ccc(C(C)(C)C)cc3n(-c3ccc(-c4ccncc4)cc3-c3nc(-c4ccccc4)nc(-c4ccccc4)n3)c2c1. The van der Waals surface area contributed by atoms with Crippen LogP contribution in [0.5, 0.6) is 0 Å². The van der Waals surface area contributed by atoms with Crippen LogP contribution in [0.3, 0.4) is 0 Å². The highest BCUT2D eigenvalue weighted by molar-refractivity contribution is 6.10. The maximum atomic E-state index is 5.23. The Morgan fingerprint density at radius 2 is 0.922 bits per heavy atom. The van der Waals surface area contributed by atoms with Gasteiger partial charge in [-0.25, -0.2) is 15.0 Å². The highest BCUT2D eigenvalue weighted by Gasteiger charge is 2.24. The average Bonchev–Trinajstić information content (AvgIpc) is 3.48. The lowest BCUT2D eigenvalue weighted by atomic mass is 9.86. The molecule has 8 rings (SSSR count). The third-order valence-corrected chi connectivity index (χ3v) is 9.69. The van der Waals surface area contributed by atoms with Crippen molar-refractivity contribution >= 4 is 21.8 Å². The second-order valence-electron chi connectivity index (χ2n) is 15.3. The Balaban J connectivity index is 1.49. The first-order valence-corrected chi connectivity index (χ1v) is 17.6. The number of rotatable bonds is 5. The van der Waals surface area contributed by atoms with Crippen LogP contribution in [0.25, 0.3) is 72.8 Å². The summed E-state index contributed by atoms with van der Waals surface area (Å²) in [6, 6.07) is 44.9. The molecule has 0 N–H and O–H groups in total. The molecule has 5 nitrogen and oxygen atoms in total. The molecular formula is C46H41N5. The topological polar surface area (TPSA) is 56.5 Å². The fourth-order valence-electron chi connectivity index (χ4n) is 6.77. The van der Waals surface area contributed by atoms with Crippen LogP contribution in [0.1, 0.15) is 52.7 Å². The van der Waals surface area contributed by atoms with Gasteiger partial charge in [-0.3, -0.25) is 4.98 Å². The standard InChI is InChI=1S/C46H41N5/c1-45(2,3)34-18-20-36-37-21-19-35(46(4,5)6)29-41(37)51(40(36)28-34)39-22-17-33(30-23-25-47-26-24-30)27-38(39)44-49-42(31-13-9-7-10-14-31)48-43(50-44)32-15-11-8-12-16-32/h7-29H,1-6H3. The number of hydrogen-bond acceptors (Lipinski definition) is 4. The van der Waals surface area contributed by atoms with Crippen molar-refractivity contribution in [2.24, 2.45) is 0 Å². The molecule has 8 aromatic rings. The molecule has 0 fully saturated rings. The maximum Gasteiger partial charge on any atom is 0.166 e. The van der Waals surface area contributed by atoms with Crippen molar-refractivity contribution in [1.82, 2.24) is 24.5 Å². The molecule has 0 saturated carbocycles. The Labute approximate surface area is 299 Å². The summed E-state index contributed by atoms with van der Waals surface area (Å²) in [5.74, 6) is 1.88. The third kappa shape index (κ3) is 6.10. The van der Waals surface area contributed by atoms with Gasteiger partial charge in [0.15, 0.2) is 17.5 Å². The van der Waals surface area contributed by atoms with Crippen LogP contribution >= 0.6 is 0 Å². The summed E-state index contributed by atoms with van der Waals surface area (Å²) in [4.78, 5) is 19.8. The average molecular weight is 664 g/mol. The largest absolute Gasteiger partial charge is 0.308 e. The predicted octanol–water partition coefficient (Wildman–Crippen LogP) is 11.6. The predicted molar refractivity (Wildman–Crippen MR) is 211 cm³/mol. The van der Waals surface area contributed by atoms with Gasteiger partial charge in [-0.05, 0) is 69.5 Å². The summed E-state index contributed by atoms with van der Waals surface area (Å²) in [5.41, 5.74) is 10.8. The van der Waals surface area contributed by atoms with E-state index < -0.39 is 0 Å². The molecule has 5 heteroatoms. The molecule has 0 unspecified atom stereocenters. The van der Waals surface area contributed by atoms with E-state index in [2.05, 4.69) is 130 Å². The van der Waals surface area contributed by atoms with Gasteiger partial charge in [0, 0.05) is 39.9 Å². The highest BCUT2D eigenvalue weighted by Crippen LogP contribution is 2.41. The number of benzene rings is 5. The Morgan fingerprint density at radius 3 is 1.41 bits per heavy atom. The van der Waals surface area contributed by atoms with E-state index in [0.29, 0.717) is 17.5 Å². The lowest BCUT2D eigenvalue weighted by Gasteiger charge is -2.21. The normalized spacial score (nSPS) is 12.1. The lowest BCUT2D eigenvalue weighted by Crippen LogP contribution is -2.11. The van der Waals surface area contributed by atoms with Crippen molar-refractivity contribution in [2.75, 3.05) is 0 Å². The van der Waals surface area contributed by atoms with Gasteiger partial charge in [-0.2, -0.15) is 0 Å². The van der Waals surface area contributed by atoms with Crippen molar-refractivity contribution in [3.8, 4) is 51.0 Å². The van der Waals surface area contributed by atoms with E-state index in [9.17, 15) is 0 Å². The quantitative estimate of drug-likeness (QED) is 0.184. The van der Waals surface area contributed by atoms with E-state index in [-0.39, 0.29) is 10.8 Å². The van der Waals surface area contributed by atoms with Gasteiger partial charge in [0.1, 0.15) is 0 Å². The minimum atomic E-state index is -0.0243. The molecule has 250 valence electrons. The van der Waals surface area contributed by atoms with Crippen molar-refractivity contribution in [1.29, 1.82) is 0 Å². The summed E-state index contributed by atoms with van der Waals surface area (Å²) < 4.78 is 2.43. The first-order chi connectivity index (χ1) is 24.5. The van der Waals surface area contributed by atoms with E-state index >= 15 is 0 Å². The van der Waals surface area contributed by atoms with E-state index in [4.69, 9.17) is 15.0 Å². The summed E-state index contributed by atoms with van der Waals surface area (Å²) in [5, 5.41) is 2.43. The second-order valence-corrected chi connectivity index (χ2v) is 15.3. The molecule has 3 heterocycles. The number of hydrogen-bond donors (Lipinski definition) is 0. The van der Waals surface area contributed by atoms with Gasteiger partial charge in [-0.1, -0.05) is 133 Å². The van der Waals surface area contributed by atoms with E-state index in [1.54, 1.807) is 0 Å². The summed E-state index contributed by atoms with van der Waals surface area (Å²) in [6.07, 6.45) is 3.67. The smallest absolute Gasteiger partial charge is 0.166 e. The zero-order valence-corrected chi connectivity index (χ0v) is 30.0. The van der Waals surface area contributed by atoms with Gasteiger partial charge in [0.2, 0.25) is 0 Å². The number of aromatic nitrogens is 5. The Kier molecular flexibility index (Phi) is 7.87. The summed E-state index contributed by atoms with van der Waals surface area (Å²) in [6.45, 7) is 13.6. The molecule has 3 aromatic heterocycles. The fourth-order valence-corrected chi connectivity index (χ4v) is 6.77. The van der Waals surface area contributed by atoms with Crippen LogP contribution in [0.4, 0.5) is 0 Å². The van der Waals surface area contributed by atoms with Crippen molar-refractivity contribution in [3.05, 3.63) is 151 Å². The molecule has 0 bridgehead atoms. The van der Waals surface area contributed by atoms with E-state index in [1.165, 1.54) is 21.9 Å². The van der Waals surface area contributed by atoms with Crippen molar-refractivity contribution < 1.29 is 0 Å². The van der Waals surface area contributed by atoms with Crippen LogP contribution < -0.4 is 0 Å². The molecule has 0 aliphatic rings. The number of fused-ring (bicyclic) bond motifs is 3. The molecule has 5 aromatic carbocycles. The molecule has 0 radical (unpaired) electrons. The van der Waals surface area contributed by atoms with Crippen molar-refractivity contribution in [3.63, 3.8) is 0 Å². The molecule has 0 saturated heterocycles. The fraction of sp³-hybridized carbons (Fsp3) is 0.174. The van der Waals surface area contributed by atoms with Crippen molar-refractivity contribution in [2.45, 2.75) is 52.4 Å². The zero-order chi connectivity index (χ0) is 35.3. The van der Waals surface area contributed by atoms with Gasteiger partial charge < -0.3 is 4.57 Å². The molecule has 0 amide bonds. The molecule has 0 aliphatic carbocycles. The Morgan fingerprint density at radius 1 is 0.431 bits per heavy atom. The minimum absolute atomic E-state index is 0.0243.